The summed E-state index contributed by atoms with van der Waals surface area (Å²) in [6.07, 6.45) is 3.66. The van der Waals surface area contributed by atoms with Crippen molar-refractivity contribution in [1.29, 1.82) is 0 Å². The first-order chi connectivity index (χ1) is 11.5. The van der Waals surface area contributed by atoms with Crippen molar-refractivity contribution in [3.05, 3.63) is 17.5 Å². The lowest BCUT2D eigenvalue weighted by Gasteiger charge is -2.22. The zero-order valence-corrected chi connectivity index (χ0v) is 18.9. The number of hydrogen-bond acceptors (Lipinski definition) is 2. The molecule has 1 saturated heterocycles. The topological polar surface area (TPSA) is 45.5 Å². The maximum atomic E-state index is 4.85. The number of aryl methyl sites for hydroxylation is 3. The van der Waals surface area contributed by atoms with Crippen molar-refractivity contribution < 1.29 is 0 Å². The molecule has 6 heteroatoms. The molecule has 1 aliphatic rings. The van der Waals surface area contributed by atoms with E-state index < -0.39 is 0 Å². The van der Waals surface area contributed by atoms with Gasteiger partial charge in [-0.1, -0.05) is 13.8 Å². The third kappa shape index (κ3) is 7.15. The Morgan fingerprint density at radius 3 is 2.76 bits per heavy atom. The lowest BCUT2D eigenvalue weighted by molar-refractivity contribution is 0.403. The molecule has 1 aromatic heterocycles. The standard InChI is InChI=1S/C19H35N5.HI/c1-6-20-19(23-11-8-18(14-23)12-15(2)3)21-9-7-10-24-17(5)13-16(4)22-24;/h13,15,18H,6-12,14H2,1-5H3,(H,20,21);1H. The van der Waals surface area contributed by atoms with Crippen LogP contribution in [0.5, 0.6) is 0 Å². The van der Waals surface area contributed by atoms with Gasteiger partial charge in [0.25, 0.3) is 0 Å². The Balaban J connectivity index is 0.00000312. The second-order valence-electron chi connectivity index (χ2n) is 7.47. The highest BCUT2D eigenvalue weighted by Crippen LogP contribution is 2.23. The van der Waals surface area contributed by atoms with Gasteiger partial charge >= 0.3 is 0 Å². The van der Waals surface area contributed by atoms with Crippen LogP contribution in [0.25, 0.3) is 0 Å². The largest absolute Gasteiger partial charge is 0.357 e. The molecule has 1 N–H and O–H groups in total. The average Bonchev–Trinajstić information content (AvgIpc) is 3.08. The first-order valence-electron chi connectivity index (χ1n) is 9.54. The van der Waals surface area contributed by atoms with E-state index >= 15 is 0 Å². The highest BCUT2D eigenvalue weighted by Gasteiger charge is 2.25. The molecule has 1 unspecified atom stereocenters. The molecule has 5 nitrogen and oxygen atoms in total. The highest BCUT2D eigenvalue weighted by molar-refractivity contribution is 14.0. The summed E-state index contributed by atoms with van der Waals surface area (Å²) >= 11 is 0. The summed E-state index contributed by atoms with van der Waals surface area (Å²) in [5, 5.41) is 7.99. The summed E-state index contributed by atoms with van der Waals surface area (Å²) in [6, 6.07) is 2.13. The fraction of sp³-hybridized carbons (Fsp3) is 0.789. The first-order valence-corrected chi connectivity index (χ1v) is 9.54. The lowest BCUT2D eigenvalue weighted by atomic mass is 9.97. The maximum Gasteiger partial charge on any atom is 0.193 e. The first kappa shape index (κ1) is 22.3. The van der Waals surface area contributed by atoms with Crippen LogP contribution in [0.3, 0.4) is 0 Å². The average molecular weight is 461 g/mol. The van der Waals surface area contributed by atoms with Gasteiger partial charge in [-0.15, -0.1) is 24.0 Å². The smallest absolute Gasteiger partial charge is 0.193 e. The van der Waals surface area contributed by atoms with Crippen LogP contribution in [0.1, 0.15) is 51.4 Å². The Morgan fingerprint density at radius 2 is 2.16 bits per heavy atom. The Morgan fingerprint density at radius 1 is 1.40 bits per heavy atom. The molecule has 0 spiro atoms. The van der Waals surface area contributed by atoms with Gasteiger partial charge in [-0.3, -0.25) is 9.67 Å². The van der Waals surface area contributed by atoms with Gasteiger partial charge < -0.3 is 10.2 Å². The summed E-state index contributed by atoms with van der Waals surface area (Å²) in [5.41, 5.74) is 2.33. The molecule has 0 amide bonds. The Labute approximate surface area is 170 Å². The van der Waals surface area contributed by atoms with Crippen LogP contribution in [0.4, 0.5) is 0 Å². The fourth-order valence-corrected chi connectivity index (χ4v) is 3.62. The van der Waals surface area contributed by atoms with E-state index in [4.69, 9.17) is 4.99 Å². The number of rotatable bonds is 7. The zero-order chi connectivity index (χ0) is 17.5. The molecule has 0 saturated carbocycles. The number of aromatic nitrogens is 2. The van der Waals surface area contributed by atoms with Crippen LogP contribution in [0.2, 0.25) is 0 Å². The molecule has 1 aromatic rings. The van der Waals surface area contributed by atoms with E-state index in [0.29, 0.717) is 0 Å². The molecule has 1 fully saturated rings. The number of halogens is 1. The van der Waals surface area contributed by atoms with E-state index in [1.165, 1.54) is 18.5 Å². The summed E-state index contributed by atoms with van der Waals surface area (Å²) in [5.74, 6) is 2.70. The number of guanidine groups is 1. The number of likely N-dealkylation sites (tertiary alicyclic amines) is 1. The normalized spacial score (nSPS) is 17.9. The van der Waals surface area contributed by atoms with Gasteiger partial charge in [-0.25, -0.2) is 0 Å². The quantitative estimate of drug-likeness (QED) is 0.291. The molecule has 0 aliphatic carbocycles. The Bertz CT molecular complexity index is 538. The van der Waals surface area contributed by atoms with Gasteiger partial charge in [0.05, 0.1) is 5.69 Å². The van der Waals surface area contributed by atoms with Crippen LogP contribution >= 0.6 is 24.0 Å². The highest BCUT2D eigenvalue weighted by atomic mass is 127. The minimum absolute atomic E-state index is 0. The van der Waals surface area contributed by atoms with Crippen LogP contribution in [0.15, 0.2) is 11.1 Å². The lowest BCUT2D eigenvalue weighted by Crippen LogP contribution is -2.40. The van der Waals surface area contributed by atoms with E-state index in [1.54, 1.807) is 0 Å². The van der Waals surface area contributed by atoms with Crippen LogP contribution < -0.4 is 5.32 Å². The van der Waals surface area contributed by atoms with E-state index in [-0.39, 0.29) is 24.0 Å². The molecule has 0 aromatic carbocycles. The van der Waals surface area contributed by atoms with Crippen molar-refractivity contribution in [3.8, 4) is 0 Å². The molecule has 144 valence electrons. The van der Waals surface area contributed by atoms with E-state index in [9.17, 15) is 0 Å². The Hall–Kier alpha value is -0.790. The van der Waals surface area contributed by atoms with Gasteiger partial charge in [0.1, 0.15) is 0 Å². The number of nitrogens with one attached hydrogen (secondary N) is 1. The van der Waals surface area contributed by atoms with Gasteiger partial charge in [-0.05, 0) is 57.9 Å². The van der Waals surface area contributed by atoms with Crippen molar-refractivity contribution in [2.75, 3.05) is 26.2 Å². The van der Waals surface area contributed by atoms with Gasteiger partial charge in [0, 0.05) is 38.4 Å². The van der Waals surface area contributed by atoms with Gasteiger partial charge in [-0.2, -0.15) is 5.10 Å². The molecule has 25 heavy (non-hydrogen) atoms. The molecule has 2 rings (SSSR count). The predicted octanol–water partition coefficient (Wildman–Crippen LogP) is 3.84. The number of hydrogen-bond donors (Lipinski definition) is 1. The summed E-state index contributed by atoms with van der Waals surface area (Å²) in [4.78, 5) is 7.30. The zero-order valence-electron chi connectivity index (χ0n) is 16.6. The summed E-state index contributed by atoms with van der Waals surface area (Å²) in [6.45, 7) is 16.0. The van der Waals surface area contributed by atoms with Crippen molar-refractivity contribution in [1.82, 2.24) is 20.0 Å². The van der Waals surface area contributed by atoms with Crippen molar-refractivity contribution >= 4 is 29.9 Å². The van der Waals surface area contributed by atoms with E-state index in [2.05, 4.69) is 53.8 Å². The second-order valence-corrected chi connectivity index (χ2v) is 7.47. The second kappa shape index (κ2) is 11.0. The molecule has 2 heterocycles. The van der Waals surface area contributed by atoms with Gasteiger partial charge in [0.2, 0.25) is 0 Å². The third-order valence-electron chi connectivity index (χ3n) is 4.62. The number of aliphatic imine (C=N–C) groups is 1. The van der Waals surface area contributed by atoms with Crippen molar-refractivity contribution in [3.63, 3.8) is 0 Å². The predicted molar refractivity (Wildman–Crippen MR) is 117 cm³/mol. The maximum absolute atomic E-state index is 4.85. The number of nitrogens with zero attached hydrogens (tertiary/aromatic N) is 4. The molecule has 0 radical (unpaired) electrons. The SMILES string of the molecule is CCNC(=NCCCn1nc(C)cc1C)N1CCC(CC(C)C)C1.I. The van der Waals surface area contributed by atoms with Gasteiger partial charge in [0.15, 0.2) is 5.96 Å². The molecular formula is C19H36IN5. The van der Waals surface area contributed by atoms with Crippen molar-refractivity contribution in [2.24, 2.45) is 16.8 Å². The van der Waals surface area contributed by atoms with Crippen LogP contribution in [-0.2, 0) is 6.54 Å². The minimum Gasteiger partial charge on any atom is -0.357 e. The third-order valence-corrected chi connectivity index (χ3v) is 4.62. The van der Waals surface area contributed by atoms with Crippen LogP contribution in [0, 0.1) is 25.7 Å². The van der Waals surface area contributed by atoms with Crippen LogP contribution in [-0.4, -0.2) is 46.8 Å². The van der Waals surface area contributed by atoms with Crippen molar-refractivity contribution in [2.45, 2.75) is 60.4 Å². The minimum atomic E-state index is 0. The Kier molecular flexibility index (Phi) is 9.82. The molecule has 1 aliphatic heterocycles. The molecular weight excluding hydrogens is 425 g/mol. The summed E-state index contributed by atoms with van der Waals surface area (Å²) < 4.78 is 2.09. The molecule has 0 bridgehead atoms. The summed E-state index contributed by atoms with van der Waals surface area (Å²) in [7, 11) is 0. The molecule has 1 atom stereocenters. The fourth-order valence-electron chi connectivity index (χ4n) is 3.62. The van der Waals surface area contributed by atoms with E-state index in [0.717, 1.165) is 62.6 Å². The van der Waals surface area contributed by atoms with E-state index in [1.807, 2.05) is 6.92 Å². The monoisotopic (exact) mass is 461 g/mol.